The van der Waals surface area contributed by atoms with Crippen LogP contribution in [0.15, 0.2) is 23.3 Å². The number of likely N-dealkylation sites (N-methyl/N-ethyl adjacent to an activating group) is 1. The summed E-state index contributed by atoms with van der Waals surface area (Å²) in [6, 6.07) is 4.70. The summed E-state index contributed by atoms with van der Waals surface area (Å²) >= 11 is 1.12. The number of thiophene rings is 1. The minimum absolute atomic E-state index is 0.153. The van der Waals surface area contributed by atoms with Crippen LogP contribution in [0, 0.1) is 0 Å². The molecule has 0 aliphatic carbocycles. The summed E-state index contributed by atoms with van der Waals surface area (Å²) in [5.74, 6) is -3.20. The molecule has 1 aromatic heterocycles. The number of hydrogen-bond acceptors (Lipinski definition) is 17. The van der Waals surface area contributed by atoms with E-state index in [4.69, 9.17) is 48.2 Å². The third-order valence-electron chi connectivity index (χ3n) is 7.36. The fourth-order valence-electron chi connectivity index (χ4n) is 5.08. The molecule has 19 nitrogen and oxygen atoms in total. The minimum Gasteiger partial charge on any atom is -0.463 e. The maximum absolute atomic E-state index is 13.5. The molecule has 2 aromatic rings. The normalized spacial score (nSPS) is 19.5. The highest BCUT2D eigenvalue weighted by atomic mass is 32.1. The number of aliphatic hydroxyl groups is 1. The predicted molar refractivity (Wildman–Crippen MR) is 184 cm³/mol. The van der Waals surface area contributed by atoms with Crippen molar-refractivity contribution in [1.82, 2.24) is 4.90 Å². The molecule has 1 fully saturated rings. The number of azide groups is 1. The Bertz CT molecular complexity index is 1610. The number of amides is 1. The average molecular weight is 769 g/mol. The lowest BCUT2D eigenvalue weighted by Gasteiger charge is -2.44. The highest BCUT2D eigenvalue weighted by molar-refractivity contribution is 7.21. The molecular formula is C33H44N4O15S. The number of hydrogen-bond donors (Lipinski definition) is 1. The van der Waals surface area contributed by atoms with Crippen LogP contribution < -0.4 is 4.74 Å². The maximum atomic E-state index is 13.5. The van der Waals surface area contributed by atoms with E-state index in [2.05, 4.69) is 10.0 Å². The summed E-state index contributed by atoms with van der Waals surface area (Å²) in [5.41, 5.74) is 8.74. The molecule has 0 spiro atoms. The lowest BCUT2D eigenvalue weighted by Crippen LogP contribution is -2.63. The molecule has 2 heterocycles. The van der Waals surface area contributed by atoms with Crippen molar-refractivity contribution in [3.8, 4) is 5.75 Å². The number of carbonyl (C=O) groups is 5. The highest BCUT2D eigenvalue weighted by Crippen LogP contribution is 2.39. The lowest BCUT2D eigenvalue weighted by atomic mass is 9.98. The van der Waals surface area contributed by atoms with E-state index in [0.29, 0.717) is 53.6 Å². The average Bonchev–Trinajstić information content (AvgIpc) is 3.55. The number of carbonyl (C=O) groups excluding carboxylic acids is 5. The lowest BCUT2D eigenvalue weighted by molar-refractivity contribution is -0.288. The van der Waals surface area contributed by atoms with Crippen molar-refractivity contribution in [3.63, 3.8) is 0 Å². The van der Waals surface area contributed by atoms with Gasteiger partial charge in [0.05, 0.1) is 51.1 Å². The van der Waals surface area contributed by atoms with Gasteiger partial charge in [-0.15, -0.1) is 11.3 Å². The largest absolute Gasteiger partial charge is 0.463 e. The van der Waals surface area contributed by atoms with E-state index < -0.39 is 61.2 Å². The molecule has 1 amide bonds. The van der Waals surface area contributed by atoms with Crippen LogP contribution in [0.3, 0.4) is 0 Å². The number of rotatable bonds is 21. The van der Waals surface area contributed by atoms with Gasteiger partial charge in [0, 0.05) is 62.8 Å². The second-order valence-corrected chi connectivity index (χ2v) is 12.5. The monoisotopic (exact) mass is 768 g/mol. The van der Waals surface area contributed by atoms with E-state index in [-0.39, 0.29) is 38.0 Å². The van der Waals surface area contributed by atoms with Gasteiger partial charge in [-0.2, -0.15) is 0 Å². The second kappa shape index (κ2) is 21.8. The molecule has 0 radical (unpaired) electrons. The summed E-state index contributed by atoms with van der Waals surface area (Å²) in [7, 11) is 1.61. The molecule has 5 atom stereocenters. The number of esters is 4. The van der Waals surface area contributed by atoms with Gasteiger partial charge in [-0.1, -0.05) is 11.2 Å². The Kier molecular flexibility index (Phi) is 17.7. The van der Waals surface area contributed by atoms with Gasteiger partial charge in [0.25, 0.3) is 5.91 Å². The van der Waals surface area contributed by atoms with Crippen LogP contribution in [0.2, 0.25) is 0 Å². The number of benzene rings is 1. The van der Waals surface area contributed by atoms with Gasteiger partial charge < -0.3 is 52.6 Å². The van der Waals surface area contributed by atoms with Crippen LogP contribution in [-0.2, 0) is 63.7 Å². The first-order valence-corrected chi connectivity index (χ1v) is 17.3. The van der Waals surface area contributed by atoms with E-state index >= 15 is 0 Å². The first-order valence-electron chi connectivity index (χ1n) is 16.5. The molecule has 1 aliphatic rings. The van der Waals surface area contributed by atoms with Crippen molar-refractivity contribution in [1.29, 1.82) is 0 Å². The molecule has 0 saturated carbocycles. The van der Waals surface area contributed by atoms with Gasteiger partial charge in [-0.05, 0) is 23.2 Å². The highest BCUT2D eigenvalue weighted by Gasteiger charge is 2.53. The Labute approximate surface area is 308 Å². The summed E-state index contributed by atoms with van der Waals surface area (Å²) in [4.78, 5) is 66.1. The first-order chi connectivity index (χ1) is 25.4. The number of nitrogens with zero attached hydrogens (tertiary/aromatic N) is 4. The smallest absolute Gasteiger partial charge is 0.303 e. The zero-order valence-electron chi connectivity index (χ0n) is 30.0. The number of ether oxygens (including phenoxy) is 9. The number of fused-ring (bicyclic) bond motifs is 1. The summed E-state index contributed by atoms with van der Waals surface area (Å²) in [5, 5.41) is 13.9. The van der Waals surface area contributed by atoms with Crippen molar-refractivity contribution < 1.29 is 71.7 Å². The minimum atomic E-state index is -1.50. The van der Waals surface area contributed by atoms with Crippen molar-refractivity contribution in [2.45, 2.75) is 65.0 Å². The maximum Gasteiger partial charge on any atom is 0.303 e. The Hall–Kier alpha value is -4.56. The third-order valence-corrected chi connectivity index (χ3v) is 8.56. The molecule has 0 unspecified atom stereocenters. The van der Waals surface area contributed by atoms with Gasteiger partial charge in [0.2, 0.25) is 12.4 Å². The summed E-state index contributed by atoms with van der Waals surface area (Å²) < 4.78 is 50.6. The van der Waals surface area contributed by atoms with Gasteiger partial charge in [-0.25, -0.2) is 0 Å². The summed E-state index contributed by atoms with van der Waals surface area (Å²) in [6.07, 6.45) is -7.01. The van der Waals surface area contributed by atoms with Crippen LogP contribution in [-0.4, -0.2) is 137 Å². The molecule has 53 heavy (non-hydrogen) atoms. The van der Waals surface area contributed by atoms with Crippen molar-refractivity contribution in [2.75, 3.05) is 66.4 Å². The molecule has 20 heteroatoms. The van der Waals surface area contributed by atoms with Crippen LogP contribution in [0.5, 0.6) is 5.75 Å². The SMILES string of the molecule is CC(=O)OC[C@H]1O[C@@H](Oc2ccc(CO)c3sc(C(=O)N(C)CCOCCOCCOCCN=[N+]=[N-])cc23)[C@H](OC(C)=O)[C@@H](OC(C)=O)[C@H]1OC(C)=O. The van der Waals surface area contributed by atoms with Crippen molar-refractivity contribution in [2.24, 2.45) is 5.11 Å². The molecule has 292 valence electrons. The van der Waals surface area contributed by atoms with E-state index in [9.17, 15) is 29.1 Å². The van der Waals surface area contributed by atoms with Crippen LogP contribution in [0.1, 0.15) is 42.9 Å². The Balaban J connectivity index is 1.77. The standard InChI is InChI=1S/C33H44N4O15S/c1-19(39)47-18-26-28(48-20(2)40)29(49-21(3)41)30(50-22(4)42)33(52-26)51-25-7-6-23(17-38)31-24(25)16-27(53-31)32(43)37(5)9-11-45-13-15-46-14-12-44-10-8-35-36-34/h6-7,16,26,28-30,33,38H,8-15,17-18H2,1-5H3/t26-,28+,29+,30-,33-/m1/s1. The summed E-state index contributed by atoms with van der Waals surface area (Å²) in [6.45, 7) is 6.08. The van der Waals surface area contributed by atoms with E-state index in [1.807, 2.05) is 0 Å². The van der Waals surface area contributed by atoms with Gasteiger partial charge >= 0.3 is 23.9 Å². The zero-order chi connectivity index (χ0) is 38.9. The van der Waals surface area contributed by atoms with Gasteiger partial charge in [0.1, 0.15) is 18.5 Å². The molecule has 1 N–H and O–H groups in total. The van der Waals surface area contributed by atoms with Gasteiger partial charge in [0.15, 0.2) is 12.2 Å². The van der Waals surface area contributed by atoms with Crippen LogP contribution in [0.25, 0.3) is 20.5 Å². The number of aliphatic hydroxyl groups excluding tert-OH is 1. The fourth-order valence-corrected chi connectivity index (χ4v) is 6.25. The fraction of sp³-hybridized carbons (Fsp3) is 0.606. The van der Waals surface area contributed by atoms with Crippen LogP contribution >= 0.6 is 11.3 Å². The molecule has 1 aromatic carbocycles. The van der Waals surface area contributed by atoms with E-state index in [1.54, 1.807) is 19.2 Å². The Morgan fingerprint density at radius 2 is 1.47 bits per heavy atom. The molecule has 1 aliphatic heterocycles. The zero-order valence-corrected chi connectivity index (χ0v) is 30.9. The Morgan fingerprint density at radius 1 is 0.868 bits per heavy atom. The predicted octanol–water partition coefficient (Wildman–Crippen LogP) is 2.29. The van der Waals surface area contributed by atoms with Crippen molar-refractivity contribution in [3.05, 3.63) is 39.1 Å². The molecule has 0 bridgehead atoms. The van der Waals surface area contributed by atoms with Gasteiger partial charge in [-0.3, -0.25) is 24.0 Å². The molecule has 3 rings (SSSR count). The third kappa shape index (κ3) is 13.4. The quantitative estimate of drug-likeness (QED) is 0.0479. The topological polar surface area (TPSA) is 241 Å². The molecular weight excluding hydrogens is 724 g/mol. The molecule has 1 saturated heterocycles. The second-order valence-electron chi connectivity index (χ2n) is 11.4. The van der Waals surface area contributed by atoms with E-state index in [0.717, 1.165) is 39.0 Å². The van der Waals surface area contributed by atoms with E-state index in [1.165, 1.54) is 11.0 Å². The van der Waals surface area contributed by atoms with Crippen molar-refractivity contribution >= 4 is 51.2 Å². The Morgan fingerprint density at radius 3 is 2.08 bits per heavy atom. The first kappa shape index (κ1) is 42.8. The van der Waals surface area contributed by atoms with Crippen LogP contribution in [0.4, 0.5) is 0 Å².